The summed E-state index contributed by atoms with van der Waals surface area (Å²) in [7, 11) is 3.46. The van der Waals surface area contributed by atoms with Crippen molar-refractivity contribution in [1.82, 2.24) is 9.78 Å². The Morgan fingerprint density at radius 1 is 1.40 bits per heavy atom. The average molecular weight is 360 g/mol. The predicted octanol–water partition coefficient (Wildman–Crippen LogP) is 3.86. The third-order valence-corrected chi connectivity index (χ3v) is 4.13. The molecule has 1 heterocycles. The van der Waals surface area contributed by atoms with Crippen LogP contribution in [0.15, 0.2) is 18.2 Å². The van der Waals surface area contributed by atoms with E-state index in [4.69, 9.17) is 21.1 Å². The molecule has 20 heavy (non-hydrogen) atoms. The maximum atomic E-state index is 6.19. The van der Waals surface area contributed by atoms with Crippen molar-refractivity contribution in [1.29, 1.82) is 0 Å². The van der Waals surface area contributed by atoms with Crippen LogP contribution in [-0.4, -0.2) is 16.9 Å². The van der Waals surface area contributed by atoms with Crippen molar-refractivity contribution >= 4 is 27.5 Å². The molecule has 0 aliphatic heterocycles. The van der Waals surface area contributed by atoms with Gasteiger partial charge in [-0.25, -0.2) is 0 Å². The minimum Gasteiger partial charge on any atom is -0.497 e. The van der Waals surface area contributed by atoms with Crippen LogP contribution in [0.2, 0.25) is 5.15 Å². The molecule has 108 valence electrons. The van der Waals surface area contributed by atoms with Gasteiger partial charge in [-0.05, 0) is 25.1 Å². The number of benzene rings is 1. The van der Waals surface area contributed by atoms with E-state index in [-0.39, 0.29) is 0 Å². The van der Waals surface area contributed by atoms with Gasteiger partial charge in [0.25, 0.3) is 0 Å². The van der Waals surface area contributed by atoms with Gasteiger partial charge in [-0.1, -0.05) is 27.5 Å². The van der Waals surface area contributed by atoms with Gasteiger partial charge in [0.15, 0.2) is 0 Å². The zero-order valence-electron chi connectivity index (χ0n) is 11.6. The molecule has 0 atom stereocenters. The van der Waals surface area contributed by atoms with E-state index in [1.807, 2.05) is 32.2 Å². The summed E-state index contributed by atoms with van der Waals surface area (Å²) < 4.78 is 12.7. The van der Waals surface area contributed by atoms with Crippen molar-refractivity contribution < 1.29 is 9.47 Å². The Morgan fingerprint density at radius 3 is 2.70 bits per heavy atom. The number of alkyl halides is 1. The summed E-state index contributed by atoms with van der Waals surface area (Å²) in [5, 5.41) is 5.57. The zero-order chi connectivity index (χ0) is 14.7. The lowest BCUT2D eigenvalue weighted by Gasteiger charge is -2.11. The van der Waals surface area contributed by atoms with E-state index in [0.29, 0.717) is 17.1 Å². The second kappa shape index (κ2) is 6.50. The maximum absolute atomic E-state index is 6.19. The molecule has 6 heteroatoms. The molecule has 2 rings (SSSR count). The van der Waals surface area contributed by atoms with Gasteiger partial charge in [-0.2, -0.15) is 5.10 Å². The van der Waals surface area contributed by atoms with Crippen LogP contribution in [0, 0.1) is 6.92 Å². The van der Waals surface area contributed by atoms with Crippen molar-refractivity contribution in [2.45, 2.75) is 18.9 Å². The lowest BCUT2D eigenvalue weighted by atomic mass is 10.2. The van der Waals surface area contributed by atoms with Crippen LogP contribution in [0.1, 0.15) is 16.8 Å². The van der Waals surface area contributed by atoms with Gasteiger partial charge in [0.05, 0.1) is 12.8 Å². The van der Waals surface area contributed by atoms with E-state index in [0.717, 1.165) is 28.3 Å². The van der Waals surface area contributed by atoms with Crippen LogP contribution in [0.25, 0.3) is 0 Å². The number of aryl methyl sites for hydroxylation is 2. The molecule has 0 saturated heterocycles. The zero-order valence-corrected chi connectivity index (χ0v) is 14.0. The van der Waals surface area contributed by atoms with Crippen LogP contribution in [0.5, 0.6) is 11.5 Å². The fraction of sp³-hybridized carbons (Fsp3) is 0.357. The van der Waals surface area contributed by atoms with Crippen molar-refractivity contribution in [3.05, 3.63) is 40.2 Å². The molecule has 0 bridgehead atoms. The Bertz CT molecular complexity index is 613. The van der Waals surface area contributed by atoms with Gasteiger partial charge in [0.1, 0.15) is 23.3 Å². The lowest BCUT2D eigenvalue weighted by molar-refractivity contribution is 0.302. The van der Waals surface area contributed by atoms with E-state index in [1.165, 1.54) is 0 Å². The fourth-order valence-electron chi connectivity index (χ4n) is 1.92. The van der Waals surface area contributed by atoms with E-state index >= 15 is 0 Å². The summed E-state index contributed by atoms with van der Waals surface area (Å²) in [5.74, 6) is 1.62. The smallest absolute Gasteiger partial charge is 0.133 e. The number of ether oxygens (including phenoxy) is 2. The van der Waals surface area contributed by atoms with Crippen LogP contribution in [0.4, 0.5) is 0 Å². The van der Waals surface area contributed by atoms with Gasteiger partial charge in [-0.3, -0.25) is 4.68 Å². The van der Waals surface area contributed by atoms with Crippen LogP contribution < -0.4 is 9.47 Å². The standard InChI is InChI=1S/C14H16BrClN2O2/c1-9-12(14(16)18(2)17-9)8-20-13-5-4-11(19-3)6-10(13)7-15/h4-6H,7-8H2,1-3H3. The van der Waals surface area contributed by atoms with E-state index in [1.54, 1.807) is 11.8 Å². The third kappa shape index (κ3) is 3.10. The molecule has 0 aliphatic rings. The molecule has 0 saturated carbocycles. The Kier molecular flexibility index (Phi) is 4.94. The van der Waals surface area contributed by atoms with Crippen molar-refractivity contribution in [2.24, 2.45) is 7.05 Å². The topological polar surface area (TPSA) is 36.3 Å². The molecule has 1 aromatic heterocycles. The molecule has 0 fully saturated rings. The normalized spacial score (nSPS) is 10.7. The van der Waals surface area contributed by atoms with Crippen LogP contribution >= 0.6 is 27.5 Å². The molecule has 0 aliphatic carbocycles. The van der Waals surface area contributed by atoms with Crippen LogP contribution in [0.3, 0.4) is 0 Å². The Morgan fingerprint density at radius 2 is 2.15 bits per heavy atom. The highest BCUT2D eigenvalue weighted by atomic mass is 79.9. The number of rotatable bonds is 5. The number of hydrogen-bond donors (Lipinski definition) is 0. The Balaban J connectivity index is 2.18. The summed E-state index contributed by atoms with van der Waals surface area (Å²) in [6, 6.07) is 5.72. The fourth-order valence-corrected chi connectivity index (χ4v) is 2.58. The Hall–Kier alpha value is -1.20. The maximum Gasteiger partial charge on any atom is 0.133 e. The molecule has 0 N–H and O–H groups in total. The summed E-state index contributed by atoms with van der Waals surface area (Å²) in [5.41, 5.74) is 2.82. The highest BCUT2D eigenvalue weighted by Crippen LogP contribution is 2.28. The minimum absolute atomic E-state index is 0.394. The number of methoxy groups -OCH3 is 1. The van der Waals surface area contributed by atoms with Crippen molar-refractivity contribution in [3.8, 4) is 11.5 Å². The van der Waals surface area contributed by atoms with Crippen molar-refractivity contribution in [2.75, 3.05) is 7.11 Å². The molecular weight excluding hydrogens is 344 g/mol. The number of hydrogen-bond acceptors (Lipinski definition) is 3. The highest BCUT2D eigenvalue weighted by Gasteiger charge is 2.13. The second-order valence-corrected chi connectivity index (χ2v) is 5.29. The average Bonchev–Trinajstić information content (AvgIpc) is 2.70. The first-order valence-electron chi connectivity index (χ1n) is 6.10. The molecular formula is C14H16BrClN2O2. The van der Waals surface area contributed by atoms with Gasteiger partial charge in [-0.15, -0.1) is 0 Å². The number of halogens is 2. The number of nitrogens with zero attached hydrogens (tertiary/aromatic N) is 2. The molecule has 4 nitrogen and oxygen atoms in total. The predicted molar refractivity (Wildman–Crippen MR) is 82.9 cm³/mol. The van der Waals surface area contributed by atoms with Crippen molar-refractivity contribution in [3.63, 3.8) is 0 Å². The molecule has 0 radical (unpaired) electrons. The van der Waals surface area contributed by atoms with Gasteiger partial charge < -0.3 is 9.47 Å². The van der Waals surface area contributed by atoms with Crippen LogP contribution in [-0.2, 0) is 19.0 Å². The van der Waals surface area contributed by atoms with Gasteiger partial charge in [0.2, 0.25) is 0 Å². The van der Waals surface area contributed by atoms with E-state index < -0.39 is 0 Å². The first-order valence-corrected chi connectivity index (χ1v) is 7.60. The molecule has 0 unspecified atom stereocenters. The first kappa shape index (κ1) is 15.2. The largest absolute Gasteiger partial charge is 0.497 e. The second-order valence-electron chi connectivity index (χ2n) is 4.37. The Labute approximate surface area is 131 Å². The molecule has 0 amide bonds. The van der Waals surface area contributed by atoms with E-state index in [2.05, 4.69) is 21.0 Å². The minimum atomic E-state index is 0.394. The summed E-state index contributed by atoms with van der Waals surface area (Å²) >= 11 is 9.65. The third-order valence-electron chi connectivity index (χ3n) is 3.05. The van der Waals surface area contributed by atoms with Gasteiger partial charge >= 0.3 is 0 Å². The first-order chi connectivity index (χ1) is 9.56. The molecule has 0 spiro atoms. The number of aromatic nitrogens is 2. The summed E-state index contributed by atoms with van der Waals surface area (Å²) in [6.07, 6.45) is 0. The SMILES string of the molecule is COc1ccc(OCc2c(C)nn(C)c2Cl)c(CBr)c1. The van der Waals surface area contributed by atoms with Gasteiger partial charge in [0, 0.05) is 23.5 Å². The monoisotopic (exact) mass is 358 g/mol. The summed E-state index contributed by atoms with van der Waals surface area (Å²) in [6.45, 7) is 2.31. The molecule has 2 aromatic rings. The molecule has 1 aromatic carbocycles. The van der Waals surface area contributed by atoms with E-state index in [9.17, 15) is 0 Å². The highest BCUT2D eigenvalue weighted by molar-refractivity contribution is 9.08. The summed E-state index contributed by atoms with van der Waals surface area (Å²) in [4.78, 5) is 0. The lowest BCUT2D eigenvalue weighted by Crippen LogP contribution is -2.00. The quantitative estimate of drug-likeness (QED) is 0.761.